The van der Waals surface area contributed by atoms with Crippen molar-refractivity contribution in [3.8, 4) is 0 Å². The summed E-state index contributed by atoms with van der Waals surface area (Å²) in [6.07, 6.45) is -1.37. The second-order valence-corrected chi connectivity index (χ2v) is 6.01. The lowest BCUT2D eigenvalue weighted by molar-refractivity contribution is -0.166. The minimum Gasteiger partial charge on any atom is -0.464 e. The monoisotopic (exact) mass is 587 g/mol. The third-order valence-electron chi connectivity index (χ3n) is 3.42. The smallest absolute Gasteiger partial charge is 0.308 e. The molecule has 0 aromatic rings. The maximum absolute atomic E-state index is 11.5. The van der Waals surface area contributed by atoms with Crippen LogP contribution >= 0.6 is 0 Å². The lowest BCUT2D eigenvalue weighted by Gasteiger charge is -2.18. The van der Waals surface area contributed by atoms with Crippen molar-refractivity contribution < 1.29 is 43.9 Å². The minimum atomic E-state index is -0.954. The third kappa shape index (κ3) is 66.7. The Morgan fingerprint density at radius 2 is 0.974 bits per heavy atom. The molecular weight excluding hydrogens is 504 g/mol. The Kier molecular flexibility index (Phi) is 141. The fourth-order valence-corrected chi connectivity index (χ4v) is 1.42. The van der Waals surface area contributed by atoms with E-state index >= 15 is 0 Å². The van der Waals surface area contributed by atoms with Crippen LogP contribution in [-0.2, 0) is 28.6 Å². The summed E-state index contributed by atoms with van der Waals surface area (Å²) < 4.78 is 14.4. The molecule has 0 bridgehead atoms. The van der Waals surface area contributed by atoms with Gasteiger partial charge in [0.25, 0.3) is 6.47 Å². The van der Waals surface area contributed by atoms with Gasteiger partial charge in [-0.3, -0.25) is 14.4 Å². The van der Waals surface area contributed by atoms with E-state index in [4.69, 9.17) is 14.6 Å². The van der Waals surface area contributed by atoms with Crippen molar-refractivity contribution >= 4 is 18.4 Å². The van der Waals surface area contributed by atoms with Crippen molar-refractivity contribution in [2.45, 2.75) is 173 Å². The molecule has 0 rings (SSSR count). The van der Waals surface area contributed by atoms with Crippen LogP contribution in [0.25, 0.3) is 0 Å². The summed E-state index contributed by atoms with van der Waals surface area (Å²) in [5.74, 6) is -1.33. The van der Waals surface area contributed by atoms with Gasteiger partial charge in [0.2, 0.25) is 0 Å². The molecule has 0 aliphatic heterocycles. The van der Waals surface area contributed by atoms with Crippen molar-refractivity contribution in [3.63, 3.8) is 0 Å². The van der Waals surface area contributed by atoms with E-state index in [-0.39, 0.29) is 128 Å². The number of rotatable bonds is 13. The molecule has 0 aromatic heterocycles. The van der Waals surface area contributed by atoms with E-state index in [0.717, 1.165) is 6.42 Å². The van der Waals surface area contributed by atoms with Crippen molar-refractivity contribution in [1.29, 1.82) is 0 Å². The van der Waals surface area contributed by atoms with E-state index in [1.54, 1.807) is 20.8 Å². The SMILES string of the molecule is C.C.C.C.C.C.C.C.C.C.C.C.CCC(C)O.CCC(O)CC(=O)OCC(COC=O)OC(=O)CC(O)CC. The first-order valence-electron chi connectivity index (χ1n) is 9.14. The molecule has 0 aliphatic carbocycles. The van der Waals surface area contributed by atoms with Crippen LogP contribution in [0.5, 0.6) is 0 Å². The van der Waals surface area contributed by atoms with Gasteiger partial charge in [-0.1, -0.05) is 110 Å². The van der Waals surface area contributed by atoms with Gasteiger partial charge in [-0.2, -0.15) is 0 Å². The number of hydrogen-bond donors (Lipinski definition) is 3. The average Bonchev–Trinajstić information content (AvgIpc) is 2.63. The molecule has 0 amide bonds. The average molecular weight is 587 g/mol. The van der Waals surface area contributed by atoms with Gasteiger partial charge in [-0.25, -0.2) is 0 Å². The molecule has 3 N–H and O–H groups in total. The lowest BCUT2D eigenvalue weighted by Crippen LogP contribution is -2.31. The summed E-state index contributed by atoms with van der Waals surface area (Å²) >= 11 is 0. The minimum absolute atomic E-state index is 0. The highest BCUT2D eigenvalue weighted by atomic mass is 16.6. The van der Waals surface area contributed by atoms with Crippen molar-refractivity contribution in [2.75, 3.05) is 13.2 Å². The zero-order chi connectivity index (χ0) is 21.2. The highest BCUT2D eigenvalue weighted by molar-refractivity contribution is 5.71. The number of hydrogen-bond acceptors (Lipinski definition) is 9. The topological polar surface area (TPSA) is 140 Å². The Labute approximate surface area is 249 Å². The van der Waals surface area contributed by atoms with E-state index in [0.29, 0.717) is 12.8 Å². The number of carbonyl (C=O) groups is 3. The van der Waals surface area contributed by atoms with Gasteiger partial charge in [-0.05, 0) is 26.2 Å². The largest absolute Gasteiger partial charge is 0.464 e. The lowest BCUT2D eigenvalue weighted by atomic mass is 10.2. The predicted molar refractivity (Wildman–Crippen MR) is 177 cm³/mol. The molecule has 39 heavy (non-hydrogen) atoms. The Balaban J connectivity index is -0.0000000282. The highest BCUT2D eigenvalue weighted by Gasteiger charge is 2.20. The molecule has 256 valence electrons. The van der Waals surface area contributed by atoms with Crippen molar-refractivity contribution in [3.05, 3.63) is 0 Å². The number of carbonyl (C=O) groups excluding carboxylic acids is 3. The molecule has 0 heterocycles. The molecule has 0 spiro atoms. The van der Waals surface area contributed by atoms with E-state index in [1.807, 2.05) is 6.92 Å². The quantitative estimate of drug-likeness (QED) is 0.110. The second-order valence-electron chi connectivity index (χ2n) is 6.01. The first-order chi connectivity index (χ1) is 12.7. The number of ether oxygens (including phenoxy) is 3. The molecule has 0 saturated carbocycles. The molecule has 0 radical (unpaired) electrons. The van der Waals surface area contributed by atoms with E-state index < -0.39 is 30.3 Å². The number of esters is 2. The summed E-state index contributed by atoms with van der Waals surface area (Å²) in [5.41, 5.74) is 0. The Morgan fingerprint density at radius 1 is 0.641 bits per heavy atom. The van der Waals surface area contributed by atoms with Crippen LogP contribution in [0.3, 0.4) is 0 Å². The second kappa shape index (κ2) is 60.7. The maximum Gasteiger partial charge on any atom is 0.308 e. The number of aliphatic hydroxyl groups excluding tert-OH is 3. The summed E-state index contributed by atoms with van der Waals surface area (Å²) in [7, 11) is 0. The fourth-order valence-electron chi connectivity index (χ4n) is 1.42. The van der Waals surface area contributed by atoms with Crippen LogP contribution in [0.2, 0.25) is 0 Å². The van der Waals surface area contributed by atoms with Crippen LogP contribution in [0.15, 0.2) is 0 Å². The summed E-state index contributed by atoms with van der Waals surface area (Å²) in [4.78, 5) is 33.2. The normalized spacial score (nSPS) is 10.1. The van der Waals surface area contributed by atoms with Gasteiger partial charge in [-0.15, -0.1) is 0 Å². The molecule has 4 unspecified atom stereocenters. The number of aliphatic hydroxyl groups is 3. The molecular formula is C30H82O9. The van der Waals surface area contributed by atoms with Gasteiger partial charge in [0.1, 0.15) is 13.2 Å². The molecule has 0 aromatic carbocycles. The Bertz CT molecular complexity index is 404. The zero-order valence-corrected chi connectivity index (χ0v) is 16.6. The van der Waals surface area contributed by atoms with Crippen LogP contribution < -0.4 is 0 Å². The summed E-state index contributed by atoms with van der Waals surface area (Å²) in [5, 5.41) is 27.0. The molecule has 0 saturated heterocycles. The summed E-state index contributed by atoms with van der Waals surface area (Å²) in [6.45, 7) is 6.79. The molecule has 9 nitrogen and oxygen atoms in total. The van der Waals surface area contributed by atoms with E-state index in [1.165, 1.54) is 0 Å². The standard InChI is InChI=1S/C14H24O8.C4H10O.12CH4/c1-3-10(16)5-13(18)21-8-12(7-20-9-15)22-14(19)6-11(17)4-2;1-3-4(2)5;;;;;;;;;;;;/h9-12,16-17H,3-8H2,1-2H3;4-5H,3H2,1-2H3;12*1H4. The summed E-state index contributed by atoms with van der Waals surface area (Å²) in [6, 6.07) is 0. The Morgan fingerprint density at radius 3 is 1.26 bits per heavy atom. The highest BCUT2D eigenvalue weighted by Crippen LogP contribution is 2.05. The van der Waals surface area contributed by atoms with Gasteiger partial charge in [0.05, 0.1) is 31.2 Å². The van der Waals surface area contributed by atoms with Crippen LogP contribution in [-0.4, -0.2) is 71.4 Å². The Hall–Kier alpha value is -1.71. The molecule has 9 heteroatoms. The van der Waals surface area contributed by atoms with Gasteiger partial charge >= 0.3 is 11.9 Å². The predicted octanol–water partition coefficient (Wildman–Crippen LogP) is 8.35. The van der Waals surface area contributed by atoms with Crippen LogP contribution in [0.1, 0.15) is 149 Å². The van der Waals surface area contributed by atoms with Gasteiger partial charge in [0, 0.05) is 0 Å². The van der Waals surface area contributed by atoms with Crippen LogP contribution in [0, 0.1) is 0 Å². The third-order valence-corrected chi connectivity index (χ3v) is 3.42. The zero-order valence-electron chi connectivity index (χ0n) is 16.6. The fraction of sp³-hybridized carbons (Fsp3) is 0.900. The van der Waals surface area contributed by atoms with E-state index in [2.05, 4.69) is 4.74 Å². The van der Waals surface area contributed by atoms with E-state index in [9.17, 15) is 24.6 Å². The van der Waals surface area contributed by atoms with Crippen molar-refractivity contribution in [2.24, 2.45) is 0 Å². The first-order valence-corrected chi connectivity index (χ1v) is 9.14. The molecule has 4 atom stereocenters. The first kappa shape index (κ1) is 90.5. The van der Waals surface area contributed by atoms with Gasteiger partial charge in [0.15, 0.2) is 6.10 Å². The molecule has 0 aliphatic rings. The maximum atomic E-state index is 11.5. The van der Waals surface area contributed by atoms with Gasteiger partial charge < -0.3 is 29.5 Å². The molecule has 0 fully saturated rings. The van der Waals surface area contributed by atoms with Crippen molar-refractivity contribution in [1.82, 2.24) is 0 Å². The van der Waals surface area contributed by atoms with Crippen LogP contribution in [0.4, 0.5) is 0 Å².